The first-order chi connectivity index (χ1) is 11.7. The van der Waals surface area contributed by atoms with Crippen LogP contribution in [0.2, 0.25) is 0 Å². The van der Waals surface area contributed by atoms with Gasteiger partial charge in [0.15, 0.2) is 5.78 Å². The summed E-state index contributed by atoms with van der Waals surface area (Å²) in [4.78, 5) is 25.3. The second-order valence-electron chi connectivity index (χ2n) is 9.56. The molecule has 4 heteroatoms. The summed E-state index contributed by atoms with van der Waals surface area (Å²) in [5.74, 6) is 0.210. The van der Waals surface area contributed by atoms with Gasteiger partial charge < -0.3 is 10.2 Å². The van der Waals surface area contributed by atoms with E-state index in [9.17, 15) is 19.8 Å². The molecular formula is C21H30O4. The lowest BCUT2D eigenvalue weighted by molar-refractivity contribution is -0.155. The molecule has 0 amide bonds. The Morgan fingerprint density at radius 3 is 2.60 bits per heavy atom. The van der Waals surface area contributed by atoms with Crippen molar-refractivity contribution in [1.29, 1.82) is 0 Å². The first kappa shape index (κ1) is 17.4. The van der Waals surface area contributed by atoms with Gasteiger partial charge in [0.25, 0.3) is 0 Å². The predicted molar refractivity (Wildman–Crippen MR) is 93.7 cm³/mol. The van der Waals surface area contributed by atoms with Crippen LogP contribution in [-0.2, 0) is 9.59 Å². The average molecular weight is 346 g/mol. The summed E-state index contributed by atoms with van der Waals surface area (Å²) in [6, 6.07) is 0. The third-order valence-electron chi connectivity index (χ3n) is 8.35. The van der Waals surface area contributed by atoms with Crippen molar-refractivity contribution < 1.29 is 19.8 Å². The molecule has 3 fully saturated rings. The number of aliphatic hydroxyl groups excluding tert-OH is 2. The molecule has 0 radical (unpaired) electrons. The third-order valence-corrected chi connectivity index (χ3v) is 8.35. The number of carbonyl (C=O) groups is 2. The topological polar surface area (TPSA) is 74.6 Å². The fraction of sp³-hybridized carbons (Fsp3) is 0.810. The van der Waals surface area contributed by atoms with E-state index in [1.54, 1.807) is 13.0 Å². The van der Waals surface area contributed by atoms with E-state index in [1.807, 2.05) is 0 Å². The molecule has 0 aromatic rings. The van der Waals surface area contributed by atoms with Crippen molar-refractivity contribution in [3.05, 3.63) is 11.6 Å². The number of fused-ring (bicyclic) bond motifs is 5. The van der Waals surface area contributed by atoms with E-state index in [1.165, 1.54) is 0 Å². The second-order valence-corrected chi connectivity index (χ2v) is 9.56. The molecule has 0 bridgehead atoms. The number of Topliss-reactive ketones (excluding diaryl/α,β-unsaturated/α-hetero) is 1. The third kappa shape index (κ3) is 2.26. The SMILES string of the molecule is CC(=O)[C@H]1CC[C@H]2[C@@H]3C(=O)C=C4C[C@@H](O)CC[C@]4(C)[C@H]3[C@H](O)C[C@]12C. The van der Waals surface area contributed by atoms with Crippen molar-refractivity contribution in [3.63, 3.8) is 0 Å². The molecule has 0 aliphatic heterocycles. The molecule has 4 nitrogen and oxygen atoms in total. The fourth-order valence-electron chi connectivity index (χ4n) is 7.17. The molecule has 0 heterocycles. The molecule has 0 saturated heterocycles. The number of allylic oxidation sites excluding steroid dienone is 1. The van der Waals surface area contributed by atoms with Gasteiger partial charge in [0, 0.05) is 17.8 Å². The minimum Gasteiger partial charge on any atom is -0.393 e. The molecule has 3 saturated carbocycles. The summed E-state index contributed by atoms with van der Waals surface area (Å²) in [5, 5.41) is 21.2. The summed E-state index contributed by atoms with van der Waals surface area (Å²) < 4.78 is 0. The maximum absolute atomic E-state index is 13.1. The number of carbonyl (C=O) groups excluding carboxylic acids is 2. The molecule has 2 N–H and O–H groups in total. The Bertz CT molecular complexity index is 652. The van der Waals surface area contributed by atoms with Crippen molar-refractivity contribution >= 4 is 11.6 Å². The van der Waals surface area contributed by atoms with Gasteiger partial charge in [0.05, 0.1) is 12.2 Å². The van der Waals surface area contributed by atoms with Crippen LogP contribution in [0.3, 0.4) is 0 Å². The Labute approximate surface area is 149 Å². The van der Waals surface area contributed by atoms with Gasteiger partial charge >= 0.3 is 0 Å². The van der Waals surface area contributed by atoms with Gasteiger partial charge in [-0.05, 0) is 68.3 Å². The Morgan fingerprint density at radius 1 is 1.20 bits per heavy atom. The van der Waals surface area contributed by atoms with Gasteiger partial charge in [0.1, 0.15) is 5.78 Å². The standard InChI is InChI=1S/C21H30O4/c1-11(22)14-4-5-15-18-16(24)9-12-8-13(23)6-7-20(12,2)19(18)17(25)10-21(14,15)3/h9,13-15,17-19,23,25H,4-8,10H2,1-3H3/t13-,14+,15-,17+,18+,19-,20-,21+/m0/s1. The molecule has 4 aliphatic carbocycles. The van der Waals surface area contributed by atoms with Gasteiger partial charge in [-0.2, -0.15) is 0 Å². The van der Waals surface area contributed by atoms with Gasteiger partial charge in [-0.15, -0.1) is 0 Å². The van der Waals surface area contributed by atoms with Gasteiger partial charge in [0.2, 0.25) is 0 Å². The van der Waals surface area contributed by atoms with Crippen LogP contribution in [0.4, 0.5) is 0 Å². The summed E-state index contributed by atoms with van der Waals surface area (Å²) in [7, 11) is 0. The highest BCUT2D eigenvalue weighted by atomic mass is 16.3. The van der Waals surface area contributed by atoms with Crippen LogP contribution < -0.4 is 0 Å². The van der Waals surface area contributed by atoms with Crippen molar-refractivity contribution in [2.45, 2.75) is 71.5 Å². The Balaban J connectivity index is 1.78. The summed E-state index contributed by atoms with van der Waals surface area (Å²) in [6.07, 6.45) is 5.32. The number of rotatable bonds is 1. The largest absolute Gasteiger partial charge is 0.393 e. The minimum atomic E-state index is -0.556. The van der Waals surface area contributed by atoms with Crippen LogP contribution in [0, 0.1) is 34.5 Å². The zero-order chi connectivity index (χ0) is 18.1. The highest BCUT2D eigenvalue weighted by Crippen LogP contribution is 2.65. The average Bonchev–Trinajstić information content (AvgIpc) is 2.85. The van der Waals surface area contributed by atoms with E-state index in [-0.39, 0.29) is 52.2 Å². The second kappa shape index (κ2) is 5.50. The summed E-state index contributed by atoms with van der Waals surface area (Å²) in [6.45, 7) is 5.95. The maximum atomic E-state index is 13.1. The Hall–Kier alpha value is -1.00. The minimum absolute atomic E-state index is 0.0349. The number of hydrogen-bond donors (Lipinski definition) is 2. The van der Waals surface area contributed by atoms with Crippen LogP contribution in [-0.4, -0.2) is 34.0 Å². The van der Waals surface area contributed by atoms with Gasteiger partial charge in [-0.1, -0.05) is 19.4 Å². The molecule has 8 atom stereocenters. The normalized spacial score (nSPS) is 52.0. The van der Waals surface area contributed by atoms with Crippen LogP contribution in [0.1, 0.15) is 59.3 Å². The van der Waals surface area contributed by atoms with Crippen molar-refractivity contribution in [2.24, 2.45) is 34.5 Å². The van der Waals surface area contributed by atoms with Crippen molar-refractivity contribution in [1.82, 2.24) is 0 Å². The molecule has 4 rings (SSSR count). The van der Waals surface area contributed by atoms with Gasteiger partial charge in [-0.25, -0.2) is 0 Å². The van der Waals surface area contributed by atoms with Crippen LogP contribution in [0.5, 0.6) is 0 Å². The molecule has 0 unspecified atom stereocenters. The highest BCUT2D eigenvalue weighted by Gasteiger charge is 2.64. The number of hydrogen-bond acceptors (Lipinski definition) is 4. The van der Waals surface area contributed by atoms with E-state index in [0.29, 0.717) is 12.8 Å². The lowest BCUT2D eigenvalue weighted by atomic mass is 9.46. The first-order valence-corrected chi connectivity index (χ1v) is 9.80. The monoisotopic (exact) mass is 346 g/mol. The summed E-state index contributed by atoms with van der Waals surface area (Å²) >= 11 is 0. The number of ketones is 2. The number of aliphatic hydroxyl groups is 2. The Morgan fingerprint density at radius 2 is 1.92 bits per heavy atom. The fourth-order valence-corrected chi connectivity index (χ4v) is 7.17. The molecule has 0 aromatic heterocycles. The predicted octanol–water partition coefficient (Wildman–Crippen LogP) is 2.67. The molecule has 25 heavy (non-hydrogen) atoms. The van der Waals surface area contributed by atoms with Crippen LogP contribution >= 0.6 is 0 Å². The van der Waals surface area contributed by atoms with E-state index < -0.39 is 6.10 Å². The quantitative estimate of drug-likeness (QED) is 0.765. The lowest BCUT2D eigenvalue weighted by Gasteiger charge is -2.58. The zero-order valence-electron chi connectivity index (χ0n) is 15.5. The van der Waals surface area contributed by atoms with E-state index in [4.69, 9.17) is 0 Å². The van der Waals surface area contributed by atoms with E-state index in [2.05, 4.69) is 13.8 Å². The molecule has 138 valence electrons. The highest BCUT2D eigenvalue weighted by molar-refractivity contribution is 5.95. The van der Waals surface area contributed by atoms with E-state index >= 15 is 0 Å². The van der Waals surface area contributed by atoms with Crippen LogP contribution in [0.15, 0.2) is 11.6 Å². The summed E-state index contributed by atoms with van der Waals surface area (Å²) in [5.41, 5.74) is 0.562. The maximum Gasteiger partial charge on any atom is 0.159 e. The molecule has 0 aromatic carbocycles. The van der Waals surface area contributed by atoms with Crippen molar-refractivity contribution in [3.8, 4) is 0 Å². The lowest BCUT2D eigenvalue weighted by Crippen LogP contribution is -2.59. The van der Waals surface area contributed by atoms with E-state index in [0.717, 1.165) is 31.3 Å². The molecular weight excluding hydrogens is 316 g/mol. The Kier molecular flexibility index (Phi) is 3.83. The first-order valence-electron chi connectivity index (χ1n) is 9.80. The molecule has 4 aliphatic rings. The smallest absolute Gasteiger partial charge is 0.159 e. The zero-order valence-corrected chi connectivity index (χ0v) is 15.5. The van der Waals surface area contributed by atoms with Crippen molar-refractivity contribution in [2.75, 3.05) is 0 Å². The molecule has 0 spiro atoms. The van der Waals surface area contributed by atoms with Crippen LogP contribution in [0.25, 0.3) is 0 Å². The van der Waals surface area contributed by atoms with Gasteiger partial charge in [-0.3, -0.25) is 9.59 Å².